The molecule has 0 aliphatic carbocycles. The first-order valence-corrected chi connectivity index (χ1v) is 13.5. The van der Waals surface area contributed by atoms with E-state index in [0.717, 1.165) is 12.0 Å². The molecule has 2 amide bonds. The number of anilines is 1. The van der Waals surface area contributed by atoms with Gasteiger partial charge < -0.3 is 9.47 Å². The number of carbonyl (C=O) groups excluding carboxylic acids is 2. The van der Waals surface area contributed by atoms with Crippen LogP contribution < -0.4 is 19.7 Å². The fourth-order valence-electron chi connectivity index (χ4n) is 3.93. The maximum Gasteiger partial charge on any atom is 0.270 e. The molecule has 1 aliphatic rings. The number of hydrogen-bond acceptors (Lipinski definition) is 7. The van der Waals surface area contributed by atoms with Crippen LogP contribution in [0.4, 0.5) is 11.4 Å². The molecule has 0 bridgehead atoms. The molecule has 4 rings (SSSR count). The lowest BCUT2D eigenvalue weighted by atomic mass is 10.1. The number of nitrogens with zero attached hydrogens (tertiary/aromatic N) is 2. The summed E-state index contributed by atoms with van der Waals surface area (Å²) in [5.74, 6) is -0.269. The summed E-state index contributed by atoms with van der Waals surface area (Å²) in [7, 11) is 0. The van der Waals surface area contributed by atoms with E-state index in [0.29, 0.717) is 38.5 Å². The Labute approximate surface area is 244 Å². The topological polar surface area (TPSA) is 111 Å². The molecule has 3 aromatic rings. The minimum atomic E-state index is -0.592. The Morgan fingerprint density at radius 2 is 1.79 bits per heavy atom. The molecule has 9 nitrogen and oxygen atoms in total. The number of nitro groups is 1. The van der Waals surface area contributed by atoms with E-state index in [1.807, 2.05) is 26.0 Å². The van der Waals surface area contributed by atoms with Gasteiger partial charge in [-0.1, -0.05) is 31.2 Å². The molecule has 0 atom stereocenters. The third-order valence-corrected chi connectivity index (χ3v) is 6.94. The smallest absolute Gasteiger partial charge is 0.270 e. The number of halogens is 1. The van der Waals surface area contributed by atoms with E-state index in [9.17, 15) is 19.7 Å². The van der Waals surface area contributed by atoms with Crippen LogP contribution in [0, 0.1) is 13.7 Å². The highest BCUT2D eigenvalue weighted by Gasteiger charge is 2.34. The highest BCUT2D eigenvalue weighted by atomic mass is 127. The van der Waals surface area contributed by atoms with Gasteiger partial charge in [-0.25, -0.2) is 0 Å². The van der Waals surface area contributed by atoms with Gasteiger partial charge in [0.05, 0.1) is 20.8 Å². The summed E-state index contributed by atoms with van der Waals surface area (Å²) in [6.45, 7) is 4.29. The van der Waals surface area contributed by atoms with Crippen molar-refractivity contribution in [3.63, 3.8) is 0 Å². The Morgan fingerprint density at radius 1 is 1.05 bits per heavy atom. The number of benzene rings is 3. The van der Waals surface area contributed by atoms with Crippen LogP contribution in [0.2, 0.25) is 0 Å². The van der Waals surface area contributed by atoms with Crippen LogP contribution >= 0.6 is 34.8 Å². The first-order valence-electron chi connectivity index (χ1n) is 12.0. The van der Waals surface area contributed by atoms with Crippen LogP contribution in [0.25, 0.3) is 6.08 Å². The van der Waals surface area contributed by atoms with Gasteiger partial charge in [0.1, 0.15) is 12.2 Å². The molecule has 0 unspecified atom stereocenters. The number of rotatable bonds is 9. The molecule has 39 heavy (non-hydrogen) atoms. The van der Waals surface area contributed by atoms with E-state index < -0.39 is 16.7 Å². The van der Waals surface area contributed by atoms with Gasteiger partial charge >= 0.3 is 0 Å². The second-order valence-corrected chi connectivity index (χ2v) is 10.0. The van der Waals surface area contributed by atoms with Gasteiger partial charge in [-0.15, -0.1) is 0 Å². The number of hydrogen-bond donors (Lipinski definition) is 1. The summed E-state index contributed by atoms with van der Waals surface area (Å²) in [5.41, 5.74) is 2.75. The van der Waals surface area contributed by atoms with Gasteiger partial charge in [-0.05, 0) is 95.2 Å². The molecule has 1 heterocycles. The van der Waals surface area contributed by atoms with Crippen molar-refractivity contribution in [1.82, 2.24) is 5.32 Å². The van der Waals surface area contributed by atoms with E-state index in [4.69, 9.17) is 21.7 Å². The molecule has 0 spiro atoms. The van der Waals surface area contributed by atoms with Crippen molar-refractivity contribution in [1.29, 1.82) is 0 Å². The molecule has 1 N–H and O–H groups in total. The molecular formula is C28H24IN3O6S. The summed E-state index contributed by atoms with van der Waals surface area (Å²) in [4.78, 5) is 38.1. The van der Waals surface area contributed by atoms with Gasteiger partial charge in [0.15, 0.2) is 16.6 Å². The summed E-state index contributed by atoms with van der Waals surface area (Å²) in [6, 6.07) is 17.0. The van der Waals surface area contributed by atoms with Gasteiger partial charge in [-0.2, -0.15) is 0 Å². The van der Waals surface area contributed by atoms with E-state index in [1.54, 1.807) is 36.4 Å². The van der Waals surface area contributed by atoms with Gasteiger partial charge in [0.2, 0.25) is 0 Å². The van der Waals surface area contributed by atoms with E-state index in [2.05, 4.69) is 27.9 Å². The lowest BCUT2D eigenvalue weighted by Gasteiger charge is -2.29. The summed E-state index contributed by atoms with van der Waals surface area (Å²) >= 11 is 7.38. The van der Waals surface area contributed by atoms with Crippen LogP contribution in [-0.4, -0.2) is 28.5 Å². The second-order valence-electron chi connectivity index (χ2n) is 8.46. The van der Waals surface area contributed by atoms with E-state index in [-0.39, 0.29) is 23.0 Å². The summed E-state index contributed by atoms with van der Waals surface area (Å²) < 4.78 is 12.5. The fourth-order valence-corrected chi connectivity index (χ4v) is 4.99. The van der Waals surface area contributed by atoms with E-state index in [1.165, 1.54) is 23.1 Å². The van der Waals surface area contributed by atoms with E-state index >= 15 is 0 Å². The zero-order valence-electron chi connectivity index (χ0n) is 21.1. The van der Waals surface area contributed by atoms with Crippen molar-refractivity contribution in [2.45, 2.75) is 26.9 Å². The predicted octanol–water partition coefficient (Wildman–Crippen LogP) is 5.57. The monoisotopic (exact) mass is 657 g/mol. The Bertz CT molecular complexity index is 1490. The number of non-ortho nitro benzene ring substituents is 1. The molecule has 0 aromatic heterocycles. The van der Waals surface area contributed by atoms with Crippen molar-refractivity contribution < 1.29 is 24.0 Å². The number of nitrogens with one attached hydrogen (secondary N) is 1. The molecule has 0 saturated carbocycles. The second kappa shape index (κ2) is 12.3. The average Bonchev–Trinajstić information content (AvgIpc) is 2.91. The first-order chi connectivity index (χ1) is 18.7. The quantitative estimate of drug-likeness (QED) is 0.0800. The number of nitro benzene ring substituents is 1. The van der Waals surface area contributed by atoms with Gasteiger partial charge in [0, 0.05) is 12.1 Å². The van der Waals surface area contributed by atoms with Crippen LogP contribution in [0.15, 0.2) is 66.2 Å². The third kappa shape index (κ3) is 6.42. The van der Waals surface area contributed by atoms with Crippen molar-refractivity contribution in [2.24, 2.45) is 0 Å². The molecule has 11 heteroatoms. The fraction of sp³-hybridized carbons (Fsp3) is 0.179. The number of aryl methyl sites for hydroxylation is 1. The van der Waals surface area contributed by atoms with Crippen LogP contribution in [0.5, 0.6) is 11.5 Å². The highest BCUT2D eigenvalue weighted by molar-refractivity contribution is 14.1. The number of carbonyl (C=O) groups is 2. The standard InChI is InChI=1S/C28H24IN3O6S/c1-3-17-8-10-20(11-9-17)31-27(34)22(26(33)30-28(31)39)13-19-14-23(29)25(24(15-19)37-4-2)38-16-18-6-5-7-21(12-18)32(35)36/h5-15H,3-4,16H2,1-2H3,(H,30,33,39)/b22-13+. The zero-order valence-corrected chi connectivity index (χ0v) is 24.1. The van der Waals surface area contributed by atoms with Crippen LogP contribution in [0.3, 0.4) is 0 Å². The Hall–Kier alpha value is -3.84. The van der Waals surface area contributed by atoms with Crippen LogP contribution in [0.1, 0.15) is 30.5 Å². The molecular weight excluding hydrogens is 633 g/mol. The molecule has 1 fully saturated rings. The van der Waals surface area contributed by atoms with Crippen molar-refractivity contribution in [2.75, 3.05) is 11.5 Å². The zero-order chi connectivity index (χ0) is 28.1. The van der Waals surface area contributed by atoms with Crippen molar-refractivity contribution in [3.05, 3.63) is 96.6 Å². The SMILES string of the molecule is CCOc1cc(/C=C2\C(=O)NC(=S)N(c3ccc(CC)cc3)C2=O)cc(I)c1OCc1cccc([N+](=O)[O-])c1. The highest BCUT2D eigenvalue weighted by Crippen LogP contribution is 2.36. The molecule has 3 aromatic carbocycles. The third-order valence-electron chi connectivity index (χ3n) is 5.85. The molecule has 1 saturated heterocycles. The first kappa shape index (κ1) is 28.2. The number of ether oxygens (including phenoxy) is 2. The van der Waals surface area contributed by atoms with Gasteiger partial charge in [-0.3, -0.25) is 29.9 Å². The van der Waals surface area contributed by atoms with Gasteiger partial charge in [0.25, 0.3) is 17.5 Å². The maximum atomic E-state index is 13.4. The Kier molecular flexibility index (Phi) is 8.92. The normalized spacial score (nSPS) is 14.4. The van der Waals surface area contributed by atoms with Crippen molar-refractivity contribution in [3.8, 4) is 11.5 Å². The van der Waals surface area contributed by atoms with Crippen LogP contribution in [-0.2, 0) is 22.6 Å². The minimum absolute atomic E-state index is 0.0147. The number of thiocarbonyl (C=S) groups is 1. The molecule has 0 radical (unpaired) electrons. The Balaban J connectivity index is 1.64. The largest absolute Gasteiger partial charge is 0.490 e. The molecule has 1 aliphatic heterocycles. The maximum absolute atomic E-state index is 13.4. The summed E-state index contributed by atoms with van der Waals surface area (Å²) in [6.07, 6.45) is 2.34. The predicted molar refractivity (Wildman–Crippen MR) is 160 cm³/mol. The summed E-state index contributed by atoms with van der Waals surface area (Å²) in [5, 5.41) is 13.7. The molecule has 200 valence electrons. The lowest BCUT2D eigenvalue weighted by molar-refractivity contribution is -0.384. The Morgan fingerprint density at radius 3 is 2.46 bits per heavy atom. The van der Waals surface area contributed by atoms with Crippen molar-refractivity contribution >= 4 is 69.2 Å². The average molecular weight is 657 g/mol. The minimum Gasteiger partial charge on any atom is -0.490 e. The lowest BCUT2D eigenvalue weighted by Crippen LogP contribution is -2.54. The number of amides is 2.